The molecule has 0 aromatic heterocycles. The predicted molar refractivity (Wildman–Crippen MR) is 170 cm³/mol. The zero-order chi connectivity index (χ0) is 30.6. The van der Waals surface area contributed by atoms with Crippen LogP contribution in [-0.2, 0) is 45.0 Å². The van der Waals surface area contributed by atoms with Crippen molar-refractivity contribution in [2.24, 2.45) is 0 Å². The molecule has 1 heterocycles. The molecule has 1 aliphatic rings. The summed E-state index contributed by atoms with van der Waals surface area (Å²) in [7, 11) is 0. The van der Waals surface area contributed by atoms with Crippen molar-refractivity contribution >= 4 is 29.6 Å². The van der Waals surface area contributed by atoms with E-state index in [1.54, 1.807) is 0 Å². The minimum Gasteiger partial charge on any atom is -0.447 e. The predicted octanol–water partition coefficient (Wildman–Crippen LogP) is 6.13. The molecule has 8 nitrogen and oxygen atoms in total. The van der Waals surface area contributed by atoms with E-state index in [2.05, 4.69) is 10.6 Å². The van der Waals surface area contributed by atoms with Gasteiger partial charge in [0.2, 0.25) is 0 Å². The molecule has 0 bridgehead atoms. The SMILES string of the molecule is O=C(NC(Cc1ccccc1)[C@H]1OC(=S)O[C@@H]1[C@H](Cc1ccccc1)NC(=O)OCc1ccccc1)OCc1ccccc1. The molecule has 44 heavy (non-hydrogen) atoms. The molecule has 9 heteroatoms. The van der Waals surface area contributed by atoms with Crippen LogP contribution in [0.3, 0.4) is 0 Å². The van der Waals surface area contributed by atoms with Gasteiger partial charge in [0.05, 0.1) is 12.1 Å². The van der Waals surface area contributed by atoms with E-state index in [9.17, 15) is 9.59 Å². The Morgan fingerprint density at radius 1 is 0.568 bits per heavy atom. The second-order valence-corrected chi connectivity index (χ2v) is 10.8. The molecule has 5 rings (SSSR count). The summed E-state index contributed by atoms with van der Waals surface area (Å²) in [6, 6.07) is 37.1. The molecule has 4 aromatic carbocycles. The highest BCUT2D eigenvalue weighted by Gasteiger charge is 2.46. The number of hydrogen-bond donors (Lipinski definition) is 2. The molecule has 2 N–H and O–H groups in total. The molecule has 1 saturated heterocycles. The second-order valence-electron chi connectivity index (χ2n) is 10.4. The van der Waals surface area contributed by atoms with E-state index in [1.807, 2.05) is 121 Å². The summed E-state index contributed by atoms with van der Waals surface area (Å²) >= 11 is 5.37. The Kier molecular flexibility index (Phi) is 10.8. The van der Waals surface area contributed by atoms with Crippen molar-refractivity contribution in [3.05, 3.63) is 144 Å². The Morgan fingerprint density at radius 3 is 1.23 bits per heavy atom. The van der Waals surface area contributed by atoms with Crippen LogP contribution in [0.4, 0.5) is 9.59 Å². The summed E-state index contributed by atoms with van der Waals surface area (Å²) in [6.45, 7) is 0.222. The fraction of sp³-hybridized carbons (Fsp3) is 0.229. The van der Waals surface area contributed by atoms with Gasteiger partial charge in [0, 0.05) is 12.2 Å². The highest BCUT2D eigenvalue weighted by Crippen LogP contribution is 2.26. The fourth-order valence-corrected chi connectivity index (χ4v) is 5.30. The lowest BCUT2D eigenvalue weighted by Gasteiger charge is -2.31. The summed E-state index contributed by atoms with van der Waals surface area (Å²) in [5, 5.41) is 5.89. The molecule has 1 fully saturated rings. The fourth-order valence-electron chi connectivity index (χ4n) is 5.07. The lowest BCUT2D eigenvalue weighted by Crippen LogP contribution is -2.56. The van der Waals surface area contributed by atoms with Gasteiger partial charge in [-0.3, -0.25) is 0 Å². The molecular weight excluding hydrogens is 576 g/mol. The van der Waals surface area contributed by atoms with Crippen LogP contribution >= 0.6 is 12.2 Å². The largest absolute Gasteiger partial charge is 0.447 e. The molecule has 1 aliphatic heterocycles. The molecule has 0 radical (unpaired) electrons. The highest BCUT2D eigenvalue weighted by atomic mass is 32.1. The first-order valence-corrected chi connectivity index (χ1v) is 14.8. The molecule has 0 saturated carbocycles. The first-order valence-electron chi connectivity index (χ1n) is 14.4. The van der Waals surface area contributed by atoms with E-state index in [0.717, 1.165) is 22.3 Å². The minimum absolute atomic E-state index is 0.0602. The molecule has 0 aliphatic carbocycles. The quantitative estimate of drug-likeness (QED) is 0.186. The van der Waals surface area contributed by atoms with E-state index in [1.165, 1.54) is 0 Å². The first-order chi connectivity index (χ1) is 21.5. The van der Waals surface area contributed by atoms with Gasteiger partial charge in [-0.25, -0.2) is 9.59 Å². The molecule has 4 aromatic rings. The van der Waals surface area contributed by atoms with Crippen molar-refractivity contribution in [3.63, 3.8) is 0 Å². The Bertz CT molecular complexity index is 1380. The Hall–Kier alpha value is -4.89. The number of carbonyl (C=O) groups is 2. The third kappa shape index (κ3) is 9.05. The summed E-state index contributed by atoms with van der Waals surface area (Å²) in [5.74, 6) is 0. The Balaban J connectivity index is 1.36. The van der Waals surface area contributed by atoms with Gasteiger partial charge in [0.1, 0.15) is 13.2 Å². The van der Waals surface area contributed by atoms with Crippen LogP contribution in [0, 0.1) is 0 Å². The van der Waals surface area contributed by atoms with Crippen LogP contribution in [-0.4, -0.2) is 41.7 Å². The summed E-state index contributed by atoms with van der Waals surface area (Å²) in [4.78, 5) is 26.1. The zero-order valence-corrected chi connectivity index (χ0v) is 24.9. The van der Waals surface area contributed by atoms with Gasteiger partial charge in [0.15, 0.2) is 12.2 Å². The average Bonchev–Trinajstić information content (AvgIpc) is 3.45. The van der Waals surface area contributed by atoms with Gasteiger partial charge in [-0.05, 0) is 35.1 Å². The van der Waals surface area contributed by atoms with E-state index in [0.29, 0.717) is 12.8 Å². The van der Waals surface area contributed by atoms with Gasteiger partial charge < -0.3 is 29.6 Å². The topological polar surface area (TPSA) is 95.1 Å². The highest BCUT2D eigenvalue weighted by molar-refractivity contribution is 7.79. The molecule has 2 amide bonds. The normalized spacial score (nSPS) is 17.0. The van der Waals surface area contributed by atoms with Crippen molar-refractivity contribution in [1.29, 1.82) is 0 Å². The number of hydrogen-bond acceptors (Lipinski definition) is 7. The van der Waals surface area contributed by atoms with Gasteiger partial charge in [-0.15, -0.1) is 0 Å². The van der Waals surface area contributed by atoms with E-state index >= 15 is 0 Å². The van der Waals surface area contributed by atoms with Gasteiger partial charge in [0.25, 0.3) is 0 Å². The summed E-state index contributed by atoms with van der Waals surface area (Å²) in [6.07, 6.45) is -1.88. The van der Waals surface area contributed by atoms with Crippen LogP contribution < -0.4 is 10.6 Å². The minimum atomic E-state index is -0.741. The van der Waals surface area contributed by atoms with E-state index < -0.39 is 36.5 Å². The number of alkyl carbamates (subject to hydrolysis) is 2. The molecule has 1 unspecified atom stereocenters. The Morgan fingerprint density at radius 2 is 0.886 bits per heavy atom. The van der Waals surface area contributed by atoms with Crippen molar-refractivity contribution in [2.75, 3.05) is 0 Å². The van der Waals surface area contributed by atoms with E-state index in [4.69, 9.17) is 31.2 Å². The van der Waals surface area contributed by atoms with Gasteiger partial charge in [-0.1, -0.05) is 121 Å². The lowest BCUT2D eigenvalue weighted by molar-refractivity contribution is 0.0715. The van der Waals surface area contributed by atoms with Crippen LogP contribution in [0.1, 0.15) is 22.3 Å². The monoisotopic (exact) mass is 610 g/mol. The number of amides is 2. The number of thiocarbonyl (C=S) groups is 1. The molecular formula is C35H34N2O6S. The summed E-state index contributed by atoms with van der Waals surface area (Å²) in [5.41, 5.74) is 3.66. The number of ether oxygens (including phenoxy) is 4. The molecule has 4 atom stereocenters. The number of rotatable bonds is 12. The van der Waals surface area contributed by atoms with Gasteiger partial charge in [-0.2, -0.15) is 0 Å². The molecule has 226 valence electrons. The lowest BCUT2D eigenvalue weighted by atomic mass is 9.91. The van der Waals surface area contributed by atoms with Crippen LogP contribution in [0.5, 0.6) is 0 Å². The van der Waals surface area contributed by atoms with Crippen LogP contribution in [0.25, 0.3) is 0 Å². The maximum absolute atomic E-state index is 13.1. The first kappa shape index (κ1) is 30.6. The maximum atomic E-state index is 13.1. The molecule has 0 spiro atoms. The third-order valence-corrected chi connectivity index (χ3v) is 7.40. The van der Waals surface area contributed by atoms with Crippen molar-refractivity contribution in [2.45, 2.75) is 50.3 Å². The van der Waals surface area contributed by atoms with Crippen molar-refractivity contribution < 1.29 is 28.5 Å². The van der Waals surface area contributed by atoms with Crippen molar-refractivity contribution in [3.8, 4) is 0 Å². The third-order valence-electron chi connectivity index (χ3n) is 7.21. The number of benzene rings is 4. The van der Waals surface area contributed by atoms with Gasteiger partial charge >= 0.3 is 17.4 Å². The van der Waals surface area contributed by atoms with Crippen LogP contribution in [0.15, 0.2) is 121 Å². The Labute approximate surface area is 262 Å². The number of carbonyl (C=O) groups excluding carboxylic acids is 2. The van der Waals surface area contributed by atoms with Crippen LogP contribution in [0.2, 0.25) is 0 Å². The standard InChI is InChI=1S/C35H34N2O6S/c38-33(40-23-27-17-9-3-10-18-27)36-29(21-25-13-5-1-6-14-25)31-32(43-35(44)42-31)30(22-26-15-7-2-8-16-26)37-34(39)41-24-28-19-11-4-12-20-28/h1-20,29-32H,21-24H2,(H,36,38)(H,37,39)/t29-,30?,31+,32+/m0/s1. The average molecular weight is 611 g/mol. The van der Waals surface area contributed by atoms with Crippen molar-refractivity contribution in [1.82, 2.24) is 10.6 Å². The smallest absolute Gasteiger partial charge is 0.407 e. The maximum Gasteiger partial charge on any atom is 0.407 e. The zero-order valence-electron chi connectivity index (χ0n) is 24.0. The summed E-state index contributed by atoms with van der Waals surface area (Å²) < 4.78 is 23.2. The number of nitrogens with one attached hydrogen (secondary N) is 2. The second kappa shape index (κ2) is 15.5. The van der Waals surface area contributed by atoms with E-state index in [-0.39, 0.29) is 18.5 Å².